The third kappa shape index (κ3) is 17.1. The maximum atomic E-state index is 10.1. The van der Waals surface area contributed by atoms with E-state index in [9.17, 15) is 5.11 Å². The SMILES string of the molecule is CCCCCCCCCCCCCCCCC(OCCO)C(C)(C)O. The Kier molecular flexibility index (Phi) is 17.2. The highest BCUT2D eigenvalue weighted by atomic mass is 16.5. The van der Waals surface area contributed by atoms with Crippen LogP contribution in [0, 0.1) is 0 Å². The van der Waals surface area contributed by atoms with E-state index in [1.807, 2.05) is 0 Å². The largest absolute Gasteiger partial charge is 0.394 e. The Morgan fingerprint density at radius 3 is 1.48 bits per heavy atom. The van der Waals surface area contributed by atoms with E-state index in [0.29, 0.717) is 6.61 Å². The molecule has 0 aliphatic rings. The minimum absolute atomic E-state index is 0.0192. The maximum absolute atomic E-state index is 10.1. The van der Waals surface area contributed by atoms with E-state index >= 15 is 0 Å². The van der Waals surface area contributed by atoms with Crippen molar-refractivity contribution in [3.8, 4) is 0 Å². The Bertz CT molecular complexity index is 260. The monoisotopic (exact) mass is 358 g/mol. The van der Waals surface area contributed by atoms with E-state index in [4.69, 9.17) is 9.84 Å². The molecule has 3 nitrogen and oxygen atoms in total. The Balaban J connectivity index is 3.37. The van der Waals surface area contributed by atoms with E-state index in [-0.39, 0.29) is 12.7 Å². The molecule has 0 spiro atoms. The Morgan fingerprint density at radius 1 is 0.720 bits per heavy atom. The Labute approximate surface area is 157 Å². The molecule has 0 fully saturated rings. The van der Waals surface area contributed by atoms with Gasteiger partial charge in [-0.05, 0) is 20.3 Å². The van der Waals surface area contributed by atoms with Crippen molar-refractivity contribution >= 4 is 0 Å². The molecule has 0 bridgehead atoms. The van der Waals surface area contributed by atoms with Crippen molar-refractivity contribution in [2.75, 3.05) is 13.2 Å². The molecule has 1 unspecified atom stereocenters. The van der Waals surface area contributed by atoms with Gasteiger partial charge in [-0.1, -0.05) is 96.8 Å². The summed E-state index contributed by atoms with van der Waals surface area (Å²) in [5, 5.41) is 19.0. The van der Waals surface area contributed by atoms with Gasteiger partial charge in [-0.2, -0.15) is 0 Å². The predicted octanol–water partition coefficient (Wildman–Crippen LogP) is 6.01. The van der Waals surface area contributed by atoms with Gasteiger partial charge in [-0.3, -0.25) is 0 Å². The Morgan fingerprint density at radius 2 is 1.12 bits per heavy atom. The molecule has 0 saturated heterocycles. The van der Waals surface area contributed by atoms with Crippen LogP contribution in [0.1, 0.15) is 117 Å². The van der Waals surface area contributed by atoms with E-state index in [1.165, 1.54) is 83.5 Å². The number of hydrogen-bond acceptors (Lipinski definition) is 3. The summed E-state index contributed by atoms with van der Waals surface area (Å²) in [4.78, 5) is 0. The summed E-state index contributed by atoms with van der Waals surface area (Å²) in [6.07, 6.45) is 19.7. The van der Waals surface area contributed by atoms with Crippen molar-refractivity contribution in [2.24, 2.45) is 0 Å². The first-order chi connectivity index (χ1) is 12.0. The molecule has 0 heterocycles. The van der Waals surface area contributed by atoms with Crippen molar-refractivity contribution in [1.82, 2.24) is 0 Å². The van der Waals surface area contributed by atoms with Crippen LogP contribution in [0.15, 0.2) is 0 Å². The van der Waals surface area contributed by atoms with Gasteiger partial charge in [0.25, 0.3) is 0 Å². The van der Waals surface area contributed by atoms with Crippen molar-refractivity contribution in [2.45, 2.75) is 129 Å². The lowest BCUT2D eigenvalue weighted by Crippen LogP contribution is -2.38. The van der Waals surface area contributed by atoms with Crippen LogP contribution >= 0.6 is 0 Å². The minimum Gasteiger partial charge on any atom is -0.394 e. The van der Waals surface area contributed by atoms with Crippen LogP contribution in [0.2, 0.25) is 0 Å². The summed E-state index contributed by atoms with van der Waals surface area (Å²) in [6, 6.07) is 0. The molecule has 152 valence electrons. The first-order valence-electron chi connectivity index (χ1n) is 11.0. The standard InChI is InChI=1S/C22H46O3/c1-4-5-6-7-8-9-10-11-12-13-14-15-16-17-18-21(22(2,3)24)25-20-19-23/h21,23-24H,4-20H2,1-3H3. The normalized spacial score (nSPS) is 13.3. The molecule has 3 heteroatoms. The molecule has 0 saturated carbocycles. The zero-order valence-electron chi connectivity index (χ0n) is 17.4. The molecule has 0 aromatic carbocycles. The van der Waals surface area contributed by atoms with Crippen molar-refractivity contribution in [1.29, 1.82) is 0 Å². The third-order valence-corrected chi connectivity index (χ3v) is 5.02. The van der Waals surface area contributed by atoms with E-state index in [0.717, 1.165) is 12.8 Å². The third-order valence-electron chi connectivity index (χ3n) is 5.02. The second-order valence-corrected chi connectivity index (χ2v) is 8.12. The highest BCUT2D eigenvalue weighted by Gasteiger charge is 2.26. The fraction of sp³-hybridized carbons (Fsp3) is 1.00. The summed E-state index contributed by atoms with van der Waals surface area (Å²) in [5.74, 6) is 0. The molecular weight excluding hydrogens is 312 g/mol. The van der Waals surface area contributed by atoms with Gasteiger partial charge >= 0.3 is 0 Å². The molecule has 25 heavy (non-hydrogen) atoms. The lowest BCUT2D eigenvalue weighted by atomic mass is 9.95. The van der Waals surface area contributed by atoms with Gasteiger partial charge < -0.3 is 14.9 Å². The minimum atomic E-state index is -0.828. The van der Waals surface area contributed by atoms with Crippen LogP contribution in [0.4, 0.5) is 0 Å². The molecular formula is C22H46O3. The van der Waals surface area contributed by atoms with Crippen molar-refractivity contribution < 1.29 is 14.9 Å². The molecule has 0 aliphatic heterocycles. The lowest BCUT2D eigenvalue weighted by Gasteiger charge is -2.29. The lowest BCUT2D eigenvalue weighted by molar-refractivity contribution is -0.0981. The first-order valence-corrected chi connectivity index (χ1v) is 11.0. The van der Waals surface area contributed by atoms with Crippen LogP contribution < -0.4 is 0 Å². The summed E-state index contributed by atoms with van der Waals surface area (Å²) in [6.45, 7) is 6.19. The summed E-state index contributed by atoms with van der Waals surface area (Å²) in [5.41, 5.74) is -0.828. The number of aliphatic hydroxyl groups excluding tert-OH is 1. The topological polar surface area (TPSA) is 49.7 Å². The van der Waals surface area contributed by atoms with Gasteiger partial charge in [0.05, 0.1) is 24.9 Å². The fourth-order valence-corrected chi connectivity index (χ4v) is 3.36. The number of unbranched alkanes of at least 4 members (excludes halogenated alkanes) is 13. The molecule has 0 aromatic rings. The summed E-state index contributed by atoms with van der Waals surface area (Å²) >= 11 is 0. The Hall–Kier alpha value is -0.120. The van der Waals surface area contributed by atoms with E-state index in [1.54, 1.807) is 13.8 Å². The maximum Gasteiger partial charge on any atom is 0.0857 e. The highest BCUT2D eigenvalue weighted by Crippen LogP contribution is 2.20. The van der Waals surface area contributed by atoms with Gasteiger partial charge in [-0.25, -0.2) is 0 Å². The van der Waals surface area contributed by atoms with Crippen LogP contribution in [0.5, 0.6) is 0 Å². The molecule has 0 amide bonds. The number of hydrogen-bond donors (Lipinski definition) is 2. The summed E-state index contributed by atoms with van der Waals surface area (Å²) in [7, 11) is 0. The van der Waals surface area contributed by atoms with Crippen molar-refractivity contribution in [3.63, 3.8) is 0 Å². The van der Waals surface area contributed by atoms with Gasteiger partial charge in [0.2, 0.25) is 0 Å². The number of ether oxygens (including phenoxy) is 1. The molecule has 0 aromatic heterocycles. The van der Waals surface area contributed by atoms with Gasteiger partial charge in [0.1, 0.15) is 0 Å². The second kappa shape index (κ2) is 17.3. The second-order valence-electron chi connectivity index (χ2n) is 8.12. The van der Waals surface area contributed by atoms with E-state index < -0.39 is 5.60 Å². The molecule has 0 rings (SSSR count). The van der Waals surface area contributed by atoms with Crippen LogP contribution in [0.25, 0.3) is 0 Å². The zero-order chi connectivity index (χ0) is 18.8. The molecule has 0 radical (unpaired) electrons. The fourth-order valence-electron chi connectivity index (χ4n) is 3.36. The number of aliphatic hydroxyl groups is 2. The molecule has 0 aliphatic carbocycles. The van der Waals surface area contributed by atoms with Gasteiger partial charge in [0.15, 0.2) is 0 Å². The summed E-state index contributed by atoms with van der Waals surface area (Å²) < 4.78 is 5.57. The average molecular weight is 359 g/mol. The molecule has 1 atom stereocenters. The van der Waals surface area contributed by atoms with Gasteiger partial charge in [0, 0.05) is 0 Å². The predicted molar refractivity (Wildman–Crippen MR) is 108 cm³/mol. The van der Waals surface area contributed by atoms with Crippen LogP contribution in [0.3, 0.4) is 0 Å². The smallest absolute Gasteiger partial charge is 0.0857 e. The van der Waals surface area contributed by atoms with Crippen LogP contribution in [-0.2, 0) is 4.74 Å². The highest BCUT2D eigenvalue weighted by molar-refractivity contribution is 4.78. The van der Waals surface area contributed by atoms with Crippen LogP contribution in [-0.4, -0.2) is 35.1 Å². The first kappa shape index (κ1) is 24.9. The zero-order valence-corrected chi connectivity index (χ0v) is 17.4. The average Bonchev–Trinajstić information content (AvgIpc) is 2.56. The number of rotatable bonds is 19. The van der Waals surface area contributed by atoms with E-state index in [2.05, 4.69) is 6.92 Å². The van der Waals surface area contributed by atoms with Crippen molar-refractivity contribution in [3.05, 3.63) is 0 Å². The van der Waals surface area contributed by atoms with Gasteiger partial charge in [-0.15, -0.1) is 0 Å². The molecule has 2 N–H and O–H groups in total. The quantitative estimate of drug-likeness (QED) is 0.278.